The van der Waals surface area contributed by atoms with Crippen LogP contribution in [0.2, 0.25) is 0 Å². The van der Waals surface area contributed by atoms with Crippen molar-refractivity contribution in [3.8, 4) is 5.75 Å². The molecule has 1 N–H and O–H groups in total. The smallest absolute Gasteiger partial charge is 0.227 e. The van der Waals surface area contributed by atoms with E-state index in [0.717, 1.165) is 42.7 Å². The maximum Gasteiger partial charge on any atom is 0.227 e. The molecule has 1 aromatic rings. The van der Waals surface area contributed by atoms with Gasteiger partial charge in [0.25, 0.3) is 0 Å². The van der Waals surface area contributed by atoms with Crippen LogP contribution in [-0.2, 0) is 11.2 Å². The van der Waals surface area contributed by atoms with Crippen LogP contribution in [0.25, 0.3) is 0 Å². The predicted molar refractivity (Wildman–Crippen MR) is 82.5 cm³/mol. The van der Waals surface area contributed by atoms with Crippen molar-refractivity contribution in [2.45, 2.75) is 51.7 Å². The summed E-state index contributed by atoms with van der Waals surface area (Å²) in [5.74, 6) is 0.900. The summed E-state index contributed by atoms with van der Waals surface area (Å²) in [5, 5.41) is 9.87. The lowest BCUT2D eigenvalue weighted by Gasteiger charge is -2.37. The van der Waals surface area contributed by atoms with Crippen LogP contribution in [0.1, 0.15) is 37.3 Å². The minimum Gasteiger partial charge on any atom is -0.496 e. The van der Waals surface area contributed by atoms with Gasteiger partial charge in [0, 0.05) is 6.54 Å². The van der Waals surface area contributed by atoms with Crippen molar-refractivity contribution in [2.24, 2.45) is 0 Å². The van der Waals surface area contributed by atoms with Crippen molar-refractivity contribution >= 4 is 5.91 Å². The Labute approximate surface area is 126 Å². The fraction of sp³-hybridized carbons (Fsp3) is 0.588. The van der Waals surface area contributed by atoms with Crippen LogP contribution in [0.4, 0.5) is 0 Å². The van der Waals surface area contributed by atoms with Crippen molar-refractivity contribution < 1.29 is 14.6 Å². The predicted octanol–water partition coefficient (Wildman–Crippen LogP) is 2.31. The van der Waals surface area contributed by atoms with Gasteiger partial charge >= 0.3 is 0 Å². The monoisotopic (exact) mass is 291 g/mol. The Kier molecular flexibility index (Phi) is 5.23. The second kappa shape index (κ2) is 6.94. The zero-order valence-electron chi connectivity index (χ0n) is 13.1. The Morgan fingerprint density at radius 2 is 2.24 bits per heavy atom. The number of aliphatic hydroxyl groups is 1. The lowest BCUT2D eigenvalue weighted by atomic mass is 9.97. The molecular formula is C17H25NO3. The first-order chi connectivity index (χ1) is 10.0. The van der Waals surface area contributed by atoms with E-state index in [4.69, 9.17) is 4.74 Å². The number of piperidine rings is 1. The molecule has 0 aromatic heterocycles. The van der Waals surface area contributed by atoms with Crippen LogP contribution < -0.4 is 4.74 Å². The van der Waals surface area contributed by atoms with Crippen molar-refractivity contribution in [3.63, 3.8) is 0 Å². The number of benzene rings is 1. The average Bonchev–Trinajstić information content (AvgIpc) is 2.49. The Morgan fingerprint density at radius 3 is 2.90 bits per heavy atom. The third-order valence-electron chi connectivity index (χ3n) is 4.25. The second-order valence-corrected chi connectivity index (χ2v) is 5.87. The van der Waals surface area contributed by atoms with E-state index >= 15 is 0 Å². The molecule has 1 heterocycles. The number of carbonyl (C=O) groups excluding carboxylic acids is 1. The molecule has 0 saturated carbocycles. The maximum absolute atomic E-state index is 12.5. The van der Waals surface area contributed by atoms with Gasteiger partial charge in [0.15, 0.2) is 0 Å². The topological polar surface area (TPSA) is 49.8 Å². The summed E-state index contributed by atoms with van der Waals surface area (Å²) in [6.07, 6.45) is 2.88. The highest BCUT2D eigenvalue weighted by molar-refractivity contribution is 5.79. The standard InChI is InChI=1S/C17H25NO3/c1-12-7-8-14(10-16(12)21-3)11-17(20)18-9-5-4-6-15(18)13(2)19/h7-8,10,13,15,19H,4-6,9,11H2,1-3H3/t13-,15+/m0/s1. The molecule has 0 radical (unpaired) electrons. The van der Waals surface area contributed by atoms with E-state index < -0.39 is 6.10 Å². The quantitative estimate of drug-likeness (QED) is 0.926. The number of methoxy groups -OCH3 is 1. The number of aliphatic hydroxyl groups excluding tert-OH is 1. The number of ether oxygens (including phenoxy) is 1. The molecule has 21 heavy (non-hydrogen) atoms. The molecule has 2 atom stereocenters. The van der Waals surface area contributed by atoms with E-state index in [-0.39, 0.29) is 11.9 Å². The van der Waals surface area contributed by atoms with Gasteiger partial charge < -0.3 is 14.7 Å². The first-order valence-corrected chi connectivity index (χ1v) is 7.64. The van der Waals surface area contributed by atoms with Crippen LogP contribution in [0.15, 0.2) is 18.2 Å². The average molecular weight is 291 g/mol. The molecule has 1 aliphatic rings. The number of hydrogen-bond donors (Lipinski definition) is 1. The van der Waals surface area contributed by atoms with Crippen molar-refractivity contribution in [2.75, 3.05) is 13.7 Å². The lowest BCUT2D eigenvalue weighted by molar-refractivity contribution is -0.136. The van der Waals surface area contributed by atoms with Gasteiger partial charge in [-0.15, -0.1) is 0 Å². The highest BCUT2D eigenvalue weighted by Crippen LogP contribution is 2.23. The fourth-order valence-corrected chi connectivity index (χ4v) is 3.02. The highest BCUT2D eigenvalue weighted by atomic mass is 16.5. The molecule has 4 nitrogen and oxygen atoms in total. The van der Waals surface area contributed by atoms with E-state index in [0.29, 0.717) is 6.42 Å². The van der Waals surface area contributed by atoms with E-state index in [1.165, 1.54) is 0 Å². The zero-order chi connectivity index (χ0) is 15.4. The minimum atomic E-state index is -0.471. The van der Waals surface area contributed by atoms with E-state index in [1.54, 1.807) is 14.0 Å². The Hall–Kier alpha value is -1.55. The summed E-state index contributed by atoms with van der Waals surface area (Å²) in [6.45, 7) is 4.50. The lowest BCUT2D eigenvalue weighted by Crippen LogP contribution is -2.49. The van der Waals surface area contributed by atoms with Gasteiger partial charge in [-0.25, -0.2) is 0 Å². The van der Waals surface area contributed by atoms with E-state index in [9.17, 15) is 9.90 Å². The summed E-state index contributed by atoms with van der Waals surface area (Å²) >= 11 is 0. The number of rotatable bonds is 4. The number of likely N-dealkylation sites (tertiary alicyclic amines) is 1. The minimum absolute atomic E-state index is 0.0430. The Bertz CT molecular complexity index is 499. The SMILES string of the molecule is COc1cc(CC(=O)N2CCCC[C@@H]2[C@H](C)O)ccc1C. The van der Waals surface area contributed by atoms with Crippen molar-refractivity contribution in [1.82, 2.24) is 4.90 Å². The summed E-state index contributed by atoms with van der Waals surface area (Å²) in [5.41, 5.74) is 2.02. The highest BCUT2D eigenvalue weighted by Gasteiger charge is 2.29. The number of aryl methyl sites for hydroxylation is 1. The fourth-order valence-electron chi connectivity index (χ4n) is 3.02. The summed E-state index contributed by atoms with van der Waals surface area (Å²) in [6, 6.07) is 5.83. The molecule has 1 aliphatic heterocycles. The van der Waals surface area contributed by atoms with Gasteiger partial charge in [-0.05, 0) is 50.3 Å². The number of amides is 1. The molecule has 1 saturated heterocycles. The molecule has 0 bridgehead atoms. The van der Waals surface area contributed by atoms with Gasteiger partial charge in [0.1, 0.15) is 5.75 Å². The van der Waals surface area contributed by atoms with Crippen LogP contribution in [0, 0.1) is 6.92 Å². The van der Waals surface area contributed by atoms with Crippen molar-refractivity contribution in [1.29, 1.82) is 0 Å². The van der Waals surface area contributed by atoms with Crippen LogP contribution >= 0.6 is 0 Å². The molecule has 116 valence electrons. The third kappa shape index (κ3) is 3.76. The molecule has 0 spiro atoms. The van der Waals surface area contributed by atoms with Gasteiger partial charge in [-0.1, -0.05) is 12.1 Å². The normalized spacial score (nSPS) is 20.2. The molecule has 2 rings (SSSR count). The van der Waals surface area contributed by atoms with Crippen LogP contribution in [-0.4, -0.2) is 41.7 Å². The maximum atomic E-state index is 12.5. The molecule has 0 aliphatic carbocycles. The molecule has 0 unspecified atom stereocenters. The molecule has 1 amide bonds. The van der Waals surface area contributed by atoms with Gasteiger partial charge in [0.2, 0.25) is 5.91 Å². The van der Waals surface area contributed by atoms with Crippen molar-refractivity contribution in [3.05, 3.63) is 29.3 Å². The van der Waals surface area contributed by atoms with E-state index in [2.05, 4.69) is 0 Å². The van der Waals surface area contributed by atoms with E-state index in [1.807, 2.05) is 30.0 Å². The molecule has 1 aromatic carbocycles. The third-order valence-corrected chi connectivity index (χ3v) is 4.25. The molecule has 4 heteroatoms. The van der Waals surface area contributed by atoms with Gasteiger partial charge in [0.05, 0.1) is 25.7 Å². The van der Waals surface area contributed by atoms with Crippen LogP contribution in [0.3, 0.4) is 0 Å². The summed E-state index contributed by atoms with van der Waals surface area (Å²) in [7, 11) is 1.64. The Balaban J connectivity index is 2.09. The van der Waals surface area contributed by atoms with Gasteiger partial charge in [-0.3, -0.25) is 4.79 Å². The number of carbonyl (C=O) groups is 1. The Morgan fingerprint density at radius 1 is 1.48 bits per heavy atom. The molecule has 1 fully saturated rings. The van der Waals surface area contributed by atoms with Crippen LogP contribution in [0.5, 0.6) is 5.75 Å². The molecular weight excluding hydrogens is 266 g/mol. The largest absolute Gasteiger partial charge is 0.496 e. The summed E-state index contributed by atoms with van der Waals surface area (Å²) in [4.78, 5) is 14.4. The van der Waals surface area contributed by atoms with Gasteiger partial charge in [-0.2, -0.15) is 0 Å². The first kappa shape index (κ1) is 15.8. The first-order valence-electron chi connectivity index (χ1n) is 7.64. The number of hydrogen-bond acceptors (Lipinski definition) is 3. The zero-order valence-corrected chi connectivity index (χ0v) is 13.1. The second-order valence-electron chi connectivity index (χ2n) is 5.87. The summed E-state index contributed by atoms with van der Waals surface area (Å²) < 4.78 is 5.31. The number of nitrogens with zero attached hydrogens (tertiary/aromatic N) is 1.